The number of halogens is 1. The zero-order valence-electron chi connectivity index (χ0n) is 14.0. The van der Waals surface area contributed by atoms with Gasteiger partial charge in [0.2, 0.25) is 0 Å². The van der Waals surface area contributed by atoms with Crippen molar-refractivity contribution in [3.05, 3.63) is 71.8 Å². The van der Waals surface area contributed by atoms with Gasteiger partial charge in [0.15, 0.2) is 0 Å². The second kappa shape index (κ2) is 7.24. The highest BCUT2D eigenvalue weighted by molar-refractivity contribution is 6.22. The van der Waals surface area contributed by atoms with Crippen molar-refractivity contribution in [2.45, 2.75) is 37.1 Å². The number of benzene rings is 2. The monoisotopic (exact) mass is 345 g/mol. The molecular weight excluding hydrogens is 322 g/mol. The van der Waals surface area contributed by atoms with Crippen LogP contribution < -0.4 is 5.32 Å². The molecule has 1 aliphatic rings. The van der Waals surface area contributed by atoms with Crippen molar-refractivity contribution >= 4 is 11.6 Å². The van der Waals surface area contributed by atoms with Crippen molar-refractivity contribution in [1.82, 2.24) is 5.32 Å². The first kappa shape index (κ1) is 17.4. The maximum absolute atomic E-state index is 11.7. The third-order valence-electron chi connectivity index (χ3n) is 4.73. The molecule has 0 radical (unpaired) electrons. The number of nitrogens with one attached hydrogen (secondary N) is 1. The highest BCUT2D eigenvalue weighted by Gasteiger charge is 2.46. The minimum atomic E-state index is -1.34. The van der Waals surface area contributed by atoms with Crippen LogP contribution in [0, 0.1) is 5.92 Å². The fourth-order valence-corrected chi connectivity index (χ4v) is 3.55. The zero-order chi connectivity index (χ0) is 17.2. The van der Waals surface area contributed by atoms with Crippen LogP contribution in [-0.2, 0) is 10.3 Å². The molecule has 128 valence electrons. The first-order chi connectivity index (χ1) is 11.5. The highest BCUT2D eigenvalue weighted by atomic mass is 35.5. The Kier molecular flexibility index (Phi) is 5.26. The summed E-state index contributed by atoms with van der Waals surface area (Å²) in [5.74, 6) is 0.445. The van der Waals surface area contributed by atoms with Crippen molar-refractivity contribution in [3.63, 3.8) is 0 Å². The van der Waals surface area contributed by atoms with E-state index in [1.807, 2.05) is 60.7 Å². The molecule has 2 aromatic rings. The molecule has 0 aliphatic carbocycles. The predicted octanol–water partition coefficient (Wildman–Crippen LogP) is 3.50. The Morgan fingerprint density at radius 3 is 1.96 bits per heavy atom. The van der Waals surface area contributed by atoms with Gasteiger partial charge in [0.25, 0.3) is 0 Å². The summed E-state index contributed by atoms with van der Waals surface area (Å²) in [6.07, 6.45) is -0.413. The van der Waals surface area contributed by atoms with E-state index in [-0.39, 0.29) is 6.04 Å². The van der Waals surface area contributed by atoms with Crippen LogP contribution in [0.25, 0.3) is 0 Å². The molecule has 0 saturated carbocycles. The summed E-state index contributed by atoms with van der Waals surface area (Å²) in [4.78, 5) is 0. The molecule has 3 nitrogen and oxygen atoms in total. The van der Waals surface area contributed by atoms with Crippen molar-refractivity contribution in [2.75, 3.05) is 6.61 Å². The normalized spacial score (nSPS) is 22.7. The van der Waals surface area contributed by atoms with Gasteiger partial charge in [0.05, 0.1) is 6.61 Å². The van der Waals surface area contributed by atoms with Gasteiger partial charge in [-0.3, -0.25) is 5.32 Å². The van der Waals surface area contributed by atoms with Gasteiger partial charge in [-0.25, -0.2) is 0 Å². The van der Waals surface area contributed by atoms with E-state index in [0.29, 0.717) is 12.5 Å². The Balaban J connectivity index is 1.97. The number of hydrogen-bond acceptors (Lipinski definition) is 3. The lowest BCUT2D eigenvalue weighted by Crippen LogP contribution is -2.50. The molecule has 24 heavy (non-hydrogen) atoms. The lowest BCUT2D eigenvalue weighted by atomic mass is 9.82. The van der Waals surface area contributed by atoms with Gasteiger partial charge in [-0.2, -0.15) is 0 Å². The highest BCUT2D eigenvalue weighted by Crippen LogP contribution is 2.38. The number of alkyl halides is 1. The molecule has 2 N–H and O–H groups in total. The molecule has 2 aromatic carbocycles. The SMILES string of the molecule is CC(C)[C@@H]1CO[C@H]([C@H](Cl)C(O)(c2ccccc2)c2ccccc2)N1. The van der Waals surface area contributed by atoms with Gasteiger partial charge < -0.3 is 9.84 Å². The fraction of sp³-hybridized carbons (Fsp3) is 0.400. The van der Waals surface area contributed by atoms with Crippen molar-refractivity contribution in [1.29, 1.82) is 0 Å². The summed E-state index contributed by atoms with van der Waals surface area (Å²) in [5.41, 5.74) is 0.178. The Labute approximate surface area is 148 Å². The standard InChI is InChI=1S/C20H24ClNO2/c1-14(2)17-13-24-19(22-17)18(21)20(23,15-9-5-3-6-10-15)16-11-7-4-8-12-16/h3-12,14,17-19,22-23H,13H2,1-2H3/t17-,18-,19+/m0/s1. The molecule has 0 unspecified atom stereocenters. The van der Waals surface area contributed by atoms with Gasteiger partial charge in [-0.15, -0.1) is 11.6 Å². The van der Waals surface area contributed by atoms with E-state index < -0.39 is 17.2 Å². The summed E-state index contributed by atoms with van der Waals surface area (Å²) >= 11 is 6.80. The van der Waals surface area contributed by atoms with Crippen LogP contribution in [0.4, 0.5) is 0 Å². The second-order valence-corrected chi connectivity index (χ2v) is 7.14. The van der Waals surface area contributed by atoms with Gasteiger partial charge in [0, 0.05) is 6.04 Å². The summed E-state index contributed by atoms with van der Waals surface area (Å²) in [7, 11) is 0. The Bertz CT molecular complexity index is 608. The van der Waals surface area contributed by atoms with Crippen LogP contribution in [0.15, 0.2) is 60.7 Å². The van der Waals surface area contributed by atoms with Crippen LogP contribution in [0.2, 0.25) is 0 Å². The molecule has 1 aliphatic heterocycles. The lowest BCUT2D eigenvalue weighted by Gasteiger charge is -2.36. The molecule has 3 rings (SSSR count). The first-order valence-electron chi connectivity index (χ1n) is 8.38. The van der Waals surface area contributed by atoms with Gasteiger partial charge >= 0.3 is 0 Å². The molecule has 0 bridgehead atoms. The third kappa shape index (κ3) is 3.22. The second-order valence-electron chi connectivity index (χ2n) is 6.67. The average Bonchev–Trinajstić information content (AvgIpc) is 3.12. The molecule has 4 heteroatoms. The molecule has 1 heterocycles. The van der Waals surface area contributed by atoms with Crippen molar-refractivity contribution in [3.8, 4) is 0 Å². The van der Waals surface area contributed by atoms with Crippen LogP contribution in [0.5, 0.6) is 0 Å². The Hall–Kier alpha value is -1.39. The van der Waals surface area contributed by atoms with Crippen molar-refractivity contribution < 1.29 is 9.84 Å². The summed E-state index contributed by atoms with van der Waals surface area (Å²) < 4.78 is 5.87. The molecule has 0 spiro atoms. The maximum atomic E-state index is 11.7. The predicted molar refractivity (Wildman–Crippen MR) is 97.0 cm³/mol. The molecule has 0 aromatic heterocycles. The first-order valence-corrected chi connectivity index (χ1v) is 8.82. The van der Waals surface area contributed by atoms with Crippen LogP contribution in [0.3, 0.4) is 0 Å². The minimum Gasteiger partial charge on any atom is -0.379 e. The fourth-order valence-electron chi connectivity index (χ4n) is 3.16. The number of aliphatic hydroxyl groups is 1. The van der Waals surface area contributed by atoms with Crippen LogP contribution in [-0.4, -0.2) is 29.4 Å². The van der Waals surface area contributed by atoms with Gasteiger partial charge in [-0.1, -0.05) is 74.5 Å². The molecule has 1 saturated heterocycles. The Morgan fingerprint density at radius 2 is 1.54 bits per heavy atom. The van der Waals surface area contributed by atoms with E-state index in [0.717, 1.165) is 11.1 Å². The van der Waals surface area contributed by atoms with E-state index in [4.69, 9.17) is 16.3 Å². The summed E-state index contributed by atoms with van der Waals surface area (Å²) in [5, 5.41) is 14.4. The van der Waals surface area contributed by atoms with Crippen molar-refractivity contribution in [2.24, 2.45) is 5.92 Å². The third-order valence-corrected chi connectivity index (χ3v) is 5.28. The number of ether oxygens (including phenoxy) is 1. The van der Waals surface area contributed by atoms with Crippen LogP contribution in [0.1, 0.15) is 25.0 Å². The van der Waals surface area contributed by atoms with E-state index in [1.165, 1.54) is 0 Å². The number of rotatable bonds is 5. The average molecular weight is 346 g/mol. The van der Waals surface area contributed by atoms with E-state index in [1.54, 1.807) is 0 Å². The maximum Gasteiger partial charge on any atom is 0.135 e. The smallest absolute Gasteiger partial charge is 0.135 e. The van der Waals surface area contributed by atoms with Crippen LogP contribution >= 0.6 is 11.6 Å². The van der Waals surface area contributed by atoms with Gasteiger partial charge in [0.1, 0.15) is 17.2 Å². The van der Waals surface area contributed by atoms with E-state index in [9.17, 15) is 5.11 Å². The quantitative estimate of drug-likeness (QED) is 0.815. The molecule has 1 fully saturated rings. The molecular formula is C20H24ClNO2. The zero-order valence-corrected chi connectivity index (χ0v) is 14.8. The lowest BCUT2D eigenvalue weighted by molar-refractivity contribution is 0.00365. The molecule has 3 atom stereocenters. The summed E-state index contributed by atoms with van der Waals surface area (Å²) in [6, 6.07) is 19.3. The minimum absolute atomic E-state index is 0.243. The van der Waals surface area contributed by atoms with E-state index >= 15 is 0 Å². The molecule has 0 amide bonds. The number of hydrogen-bond donors (Lipinski definition) is 2. The largest absolute Gasteiger partial charge is 0.379 e. The summed E-state index contributed by atoms with van der Waals surface area (Å²) in [6.45, 7) is 4.89. The van der Waals surface area contributed by atoms with E-state index in [2.05, 4.69) is 19.2 Å². The Morgan fingerprint density at radius 1 is 1.04 bits per heavy atom. The topological polar surface area (TPSA) is 41.5 Å². The van der Waals surface area contributed by atoms with Gasteiger partial charge in [-0.05, 0) is 17.0 Å².